The van der Waals surface area contributed by atoms with Crippen LogP contribution in [0.5, 0.6) is 5.75 Å². The molecule has 0 radical (unpaired) electrons. The fourth-order valence-electron chi connectivity index (χ4n) is 2.28. The second-order valence-electron chi connectivity index (χ2n) is 5.61. The smallest absolute Gasteiger partial charge is 0.331 e. The molecule has 3 rings (SSSR count). The van der Waals surface area contributed by atoms with E-state index in [0.717, 1.165) is 16.9 Å². The van der Waals surface area contributed by atoms with Crippen LogP contribution in [0.2, 0.25) is 5.02 Å². The molecule has 0 saturated heterocycles. The van der Waals surface area contributed by atoms with Crippen LogP contribution in [-0.4, -0.2) is 23.3 Å². The number of nitrogens with zero attached hydrogens (tertiary/aromatic N) is 2. The van der Waals surface area contributed by atoms with Crippen molar-refractivity contribution < 1.29 is 18.7 Å². The third-order valence-electron chi connectivity index (χ3n) is 3.72. The number of carbonyl (C=O) groups is 1. The SMILES string of the molecule is COc1ccc(-c2nnc([C@H](C)OC(=O)/C=C/c3ccccc3Cl)o2)cc1. The quantitative estimate of drug-likeness (QED) is 0.452. The van der Waals surface area contributed by atoms with Gasteiger partial charge in [-0.1, -0.05) is 29.8 Å². The molecule has 2 aromatic carbocycles. The maximum atomic E-state index is 12.0. The second kappa shape index (κ2) is 8.51. The standard InChI is InChI=1S/C20H17ClN2O4/c1-13(26-18(24)12-9-14-5-3-4-6-17(14)21)19-22-23-20(27-19)15-7-10-16(25-2)11-8-15/h3-13H,1-2H3/b12-9+/t13-/m0/s1. The maximum absolute atomic E-state index is 12.0. The van der Waals surface area contributed by atoms with E-state index in [1.165, 1.54) is 6.08 Å². The van der Waals surface area contributed by atoms with Gasteiger partial charge in [-0.05, 0) is 48.9 Å². The number of hydrogen-bond donors (Lipinski definition) is 0. The summed E-state index contributed by atoms with van der Waals surface area (Å²) in [5.41, 5.74) is 1.47. The number of benzene rings is 2. The van der Waals surface area contributed by atoms with E-state index < -0.39 is 12.1 Å². The average Bonchev–Trinajstić information content (AvgIpc) is 3.18. The molecule has 0 saturated carbocycles. The van der Waals surface area contributed by atoms with Crippen LogP contribution in [0.4, 0.5) is 0 Å². The minimum atomic E-state index is -0.687. The minimum absolute atomic E-state index is 0.209. The number of rotatable bonds is 6. The largest absolute Gasteiger partial charge is 0.497 e. The molecule has 138 valence electrons. The second-order valence-corrected chi connectivity index (χ2v) is 6.02. The summed E-state index contributed by atoms with van der Waals surface area (Å²) in [7, 11) is 1.59. The zero-order chi connectivity index (χ0) is 19.2. The average molecular weight is 385 g/mol. The first-order valence-corrected chi connectivity index (χ1v) is 8.55. The number of hydrogen-bond acceptors (Lipinski definition) is 6. The van der Waals surface area contributed by atoms with E-state index in [1.54, 1.807) is 56.5 Å². The summed E-state index contributed by atoms with van der Waals surface area (Å²) in [5.74, 6) is 0.736. The summed E-state index contributed by atoms with van der Waals surface area (Å²) in [6.07, 6.45) is 2.21. The fraction of sp³-hybridized carbons (Fsp3) is 0.150. The minimum Gasteiger partial charge on any atom is -0.497 e. The number of halogens is 1. The van der Waals surface area contributed by atoms with Gasteiger partial charge in [0.1, 0.15) is 5.75 Å². The molecule has 0 aliphatic rings. The van der Waals surface area contributed by atoms with E-state index in [4.69, 9.17) is 25.5 Å². The molecule has 27 heavy (non-hydrogen) atoms. The molecular formula is C20H17ClN2O4. The van der Waals surface area contributed by atoms with Gasteiger partial charge < -0.3 is 13.9 Å². The molecule has 1 heterocycles. The molecule has 0 N–H and O–H groups in total. The number of methoxy groups -OCH3 is 1. The van der Waals surface area contributed by atoms with Crippen molar-refractivity contribution in [2.24, 2.45) is 0 Å². The van der Waals surface area contributed by atoms with Crippen molar-refractivity contribution in [1.82, 2.24) is 10.2 Å². The van der Waals surface area contributed by atoms with Gasteiger partial charge in [0.25, 0.3) is 5.89 Å². The van der Waals surface area contributed by atoms with E-state index in [9.17, 15) is 4.79 Å². The Bertz CT molecular complexity index is 951. The molecule has 1 atom stereocenters. The Morgan fingerprint density at radius 1 is 1.15 bits per heavy atom. The van der Waals surface area contributed by atoms with Crippen LogP contribution in [-0.2, 0) is 9.53 Å². The van der Waals surface area contributed by atoms with E-state index in [-0.39, 0.29) is 5.89 Å². The van der Waals surface area contributed by atoms with Gasteiger partial charge in [0.2, 0.25) is 5.89 Å². The Morgan fingerprint density at radius 3 is 2.59 bits per heavy atom. The Labute approximate surface area is 161 Å². The van der Waals surface area contributed by atoms with Crippen molar-refractivity contribution in [3.8, 4) is 17.2 Å². The van der Waals surface area contributed by atoms with Gasteiger partial charge in [-0.15, -0.1) is 10.2 Å². The molecule has 6 nitrogen and oxygen atoms in total. The van der Waals surface area contributed by atoms with Crippen LogP contribution < -0.4 is 4.74 Å². The van der Waals surface area contributed by atoms with E-state index in [0.29, 0.717) is 10.9 Å². The van der Waals surface area contributed by atoms with Gasteiger partial charge in [-0.2, -0.15) is 0 Å². The third-order valence-corrected chi connectivity index (χ3v) is 4.07. The van der Waals surface area contributed by atoms with Gasteiger partial charge in [-0.25, -0.2) is 4.79 Å². The summed E-state index contributed by atoms with van der Waals surface area (Å²) < 4.78 is 16.0. The highest BCUT2D eigenvalue weighted by Crippen LogP contribution is 2.24. The van der Waals surface area contributed by atoms with E-state index >= 15 is 0 Å². The highest BCUT2D eigenvalue weighted by molar-refractivity contribution is 6.32. The Kier molecular flexibility index (Phi) is 5.88. The highest BCUT2D eigenvalue weighted by atomic mass is 35.5. The van der Waals surface area contributed by atoms with Gasteiger partial charge >= 0.3 is 5.97 Å². The Hall–Kier alpha value is -3.12. The zero-order valence-electron chi connectivity index (χ0n) is 14.8. The molecule has 0 spiro atoms. The topological polar surface area (TPSA) is 74.5 Å². The van der Waals surface area contributed by atoms with Crippen molar-refractivity contribution in [3.05, 3.63) is 71.1 Å². The van der Waals surface area contributed by atoms with Crippen molar-refractivity contribution in [1.29, 1.82) is 0 Å². The van der Waals surface area contributed by atoms with Crippen molar-refractivity contribution >= 4 is 23.6 Å². The van der Waals surface area contributed by atoms with Crippen molar-refractivity contribution in [2.75, 3.05) is 7.11 Å². The van der Waals surface area contributed by atoms with Crippen molar-refractivity contribution in [2.45, 2.75) is 13.0 Å². The number of ether oxygens (including phenoxy) is 2. The molecule has 0 aliphatic heterocycles. The normalized spacial score (nSPS) is 12.1. The van der Waals surface area contributed by atoms with Gasteiger partial charge in [-0.3, -0.25) is 0 Å². The molecule has 0 unspecified atom stereocenters. The lowest BCUT2D eigenvalue weighted by molar-refractivity contribution is -0.143. The lowest BCUT2D eigenvalue weighted by Gasteiger charge is -2.07. The van der Waals surface area contributed by atoms with Gasteiger partial charge in [0.15, 0.2) is 6.10 Å². The summed E-state index contributed by atoms with van der Waals surface area (Å²) in [6.45, 7) is 1.66. The van der Waals surface area contributed by atoms with Crippen molar-refractivity contribution in [3.63, 3.8) is 0 Å². The predicted molar refractivity (Wildman–Crippen MR) is 101 cm³/mol. The van der Waals surface area contributed by atoms with Crippen LogP contribution in [0, 0.1) is 0 Å². The zero-order valence-corrected chi connectivity index (χ0v) is 15.5. The van der Waals surface area contributed by atoms with Crippen LogP contribution in [0.1, 0.15) is 24.5 Å². The molecule has 7 heteroatoms. The molecule has 0 fully saturated rings. The first-order chi connectivity index (χ1) is 13.1. The van der Waals surface area contributed by atoms with Gasteiger partial charge in [0.05, 0.1) is 7.11 Å². The lowest BCUT2D eigenvalue weighted by atomic mass is 10.2. The molecule has 1 aromatic heterocycles. The summed E-state index contributed by atoms with van der Waals surface area (Å²) in [6, 6.07) is 14.4. The molecule has 3 aromatic rings. The van der Waals surface area contributed by atoms with E-state index in [1.807, 2.05) is 12.1 Å². The lowest BCUT2D eigenvalue weighted by Crippen LogP contribution is -2.06. The van der Waals surface area contributed by atoms with Crippen LogP contribution in [0.15, 0.2) is 59.0 Å². The maximum Gasteiger partial charge on any atom is 0.331 e. The summed E-state index contributed by atoms with van der Waals surface area (Å²) in [4.78, 5) is 12.0. The van der Waals surface area contributed by atoms with Crippen LogP contribution in [0.25, 0.3) is 17.5 Å². The first kappa shape index (κ1) is 18.7. The number of aromatic nitrogens is 2. The van der Waals surface area contributed by atoms with Gasteiger partial charge in [0, 0.05) is 16.7 Å². The Balaban J connectivity index is 1.64. The third kappa shape index (κ3) is 4.74. The Morgan fingerprint density at radius 2 is 1.89 bits per heavy atom. The van der Waals surface area contributed by atoms with Crippen LogP contribution >= 0.6 is 11.6 Å². The summed E-state index contributed by atoms with van der Waals surface area (Å²) in [5, 5.41) is 8.49. The highest BCUT2D eigenvalue weighted by Gasteiger charge is 2.18. The van der Waals surface area contributed by atoms with Crippen LogP contribution in [0.3, 0.4) is 0 Å². The monoisotopic (exact) mass is 384 g/mol. The van der Waals surface area contributed by atoms with E-state index in [2.05, 4.69) is 10.2 Å². The summed E-state index contributed by atoms with van der Waals surface area (Å²) >= 11 is 6.04. The number of esters is 1. The molecule has 0 aliphatic carbocycles. The predicted octanol–water partition coefficient (Wildman–Crippen LogP) is 4.72. The fourth-order valence-corrected chi connectivity index (χ4v) is 2.48. The molecule has 0 amide bonds. The molecular weight excluding hydrogens is 368 g/mol. The first-order valence-electron chi connectivity index (χ1n) is 8.18. The molecule has 0 bridgehead atoms. The number of carbonyl (C=O) groups excluding carboxylic acids is 1.